The molecule has 6 nitrogen and oxygen atoms in total. The number of fused-ring (bicyclic) bond motifs is 1. The fraction of sp³-hybridized carbons (Fsp3) is 0.304. The fourth-order valence-corrected chi connectivity index (χ4v) is 4.25. The largest absolute Gasteiger partial charge is 0.490 e. The highest BCUT2D eigenvalue weighted by atomic mass is 32.1. The van der Waals surface area contributed by atoms with Gasteiger partial charge < -0.3 is 18.8 Å². The average molecular weight is 463 g/mol. The second-order valence-corrected chi connectivity index (χ2v) is 7.55. The van der Waals surface area contributed by atoms with Crippen molar-refractivity contribution in [3.8, 4) is 17.2 Å². The summed E-state index contributed by atoms with van der Waals surface area (Å²) in [6, 6.07) is 5.08. The highest BCUT2D eigenvalue weighted by Crippen LogP contribution is 2.39. The molecule has 2 aromatic carbocycles. The number of carbonyl (C=O) groups excluding carboxylic acids is 1. The van der Waals surface area contributed by atoms with Crippen LogP contribution in [-0.2, 0) is 6.54 Å². The Morgan fingerprint density at radius 3 is 2.25 bits per heavy atom. The number of carbonyl (C=O) groups is 1. The molecule has 9 heteroatoms. The first kappa shape index (κ1) is 23.5. The molecule has 3 rings (SSSR count). The van der Waals surface area contributed by atoms with Crippen molar-refractivity contribution in [1.82, 2.24) is 4.57 Å². The van der Waals surface area contributed by atoms with Gasteiger partial charge in [-0.25, -0.2) is 8.78 Å². The van der Waals surface area contributed by atoms with Crippen LogP contribution in [0.2, 0.25) is 0 Å². The van der Waals surface area contributed by atoms with Crippen molar-refractivity contribution in [1.29, 1.82) is 0 Å². The minimum Gasteiger partial charge on any atom is -0.490 e. The molecule has 1 aromatic heterocycles. The quantitative estimate of drug-likeness (QED) is 0.415. The SMILES string of the molecule is C=CCn1c(=NC(=O)c2cc(OCC)c(OCC)c(OCC)c2)sc2cc(F)cc(F)c21. The fourth-order valence-electron chi connectivity index (χ4n) is 3.18. The molecule has 1 heterocycles. The van der Waals surface area contributed by atoms with E-state index < -0.39 is 17.5 Å². The lowest BCUT2D eigenvalue weighted by molar-refractivity contribution is 0.0996. The van der Waals surface area contributed by atoms with Gasteiger partial charge in [0.1, 0.15) is 5.82 Å². The maximum Gasteiger partial charge on any atom is 0.279 e. The Kier molecular flexibility index (Phi) is 7.63. The summed E-state index contributed by atoms with van der Waals surface area (Å²) >= 11 is 1.02. The number of hydrogen-bond donors (Lipinski definition) is 0. The average Bonchev–Trinajstić information content (AvgIpc) is 3.07. The van der Waals surface area contributed by atoms with E-state index in [2.05, 4.69) is 11.6 Å². The molecule has 0 aliphatic heterocycles. The van der Waals surface area contributed by atoms with Gasteiger partial charge in [0.25, 0.3) is 5.91 Å². The van der Waals surface area contributed by atoms with Gasteiger partial charge in [-0.15, -0.1) is 6.58 Å². The van der Waals surface area contributed by atoms with E-state index in [1.54, 1.807) is 6.08 Å². The van der Waals surface area contributed by atoms with Crippen molar-refractivity contribution < 1.29 is 27.8 Å². The minimum absolute atomic E-state index is 0.166. The number of aromatic nitrogens is 1. The van der Waals surface area contributed by atoms with Gasteiger partial charge in [-0.2, -0.15) is 4.99 Å². The lowest BCUT2D eigenvalue weighted by Crippen LogP contribution is -2.17. The smallest absolute Gasteiger partial charge is 0.279 e. The van der Waals surface area contributed by atoms with Gasteiger partial charge in [-0.3, -0.25) is 4.79 Å². The van der Waals surface area contributed by atoms with Crippen molar-refractivity contribution >= 4 is 27.5 Å². The van der Waals surface area contributed by atoms with Gasteiger partial charge in [0, 0.05) is 18.2 Å². The Bertz CT molecular complexity index is 1190. The molecule has 0 atom stereocenters. The van der Waals surface area contributed by atoms with E-state index in [1.165, 1.54) is 22.8 Å². The Morgan fingerprint density at radius 1 is 1.06 bits per heavy atom. The number of halogens is 2. The van der Waals surface area contributed by atoms with Crippen molar-refractivity contribution in [2.75, 3.05) is 19.8 Å². The Hall–Kier alpha value is -3.20. The molecule has 0 saturated carbocycles. The predicted molar refractivity (Wildman–Crippen MR) is 120 cm³/mol. The first-order chi connectivity index (χ1) is 15.4. The highest BCUT2D eigenvalue weighted by molar-refractivity contribution is 7.16. The highest BCUT2D eigenvalue weighted by Gasteiger charge is 2.19. The van der Waals surface area contributed by atoms with Crippen LogP contribution >= 0.6 is 11.3 Å². The van der Waals surface area contributed by atoms with Crippen LogP contribution in [-0.4, -0.2) is 30.3 Å². The first-order valence-electron chi connectivity index (χ1n) is 10.2. The van der Waals surface area contributed by atoms with Gasteiger partial charge in [0.15, 0.2) is 22.1 Å². The minimum atomic E-state index is -0.731. The number of benzene rings is 2. The van der Waals surface area contributed by atoms with Crippen molar-refractivity contribution in [3.05, 3.63) is 58.9 Å². The number of amides is 1. The van der Waals surface area contributed by atoms with Gasteiger partial charge >= 0.3 is 0 Å². The number of allylic oxidation sites excluding steroid dienone is 1. The van der Waals surface area contributed by atoms with Crippen LogP contribution in [0.15, 0.2) is 41.9 Å². The standard InChI is InChI=1S/C23H24F2N2O4S/c1-5-9-27-20-16(25)12-15(24)13-19(20)32-23(27)26-22(28)14-10-17(29-6-2)21(31-8-4)18(11-14)30-7-3/h5,10-13H,1,6-9H2,2-4H3. The van der Waals surface area contributed by atoms with Gasteiger partial charge in [-0.1, -0.05) is 17.4 Å². The van der Waals surface area contributed by atoms with E-state index in [9.17, 15) is 13.6 Å². The maximum absolute atomic E-state index is 14.4. The number of nitrogens with zero attached hydrogens (tertiary/aromatic N) is 2. The number of hydrogen-bond acceptors (Lipinski definition) is 5. The molecule has 0 fully saturated rings. The van der Waals surface area contributed by atoms with E-state index in [-0.39, 0.29) is 22.4 Å². The van der Waals surface area contributed by atoms with Crippen LogP contribution in [0, 0.1) is 11.6 Å². The van der Waals surface area contributed by atoms with Crippen LogP contribution in [0.5, 0.6) is 17.2 Å². The zero-order valence-electron chi connectivity index (χ0n) is 18.1. The van der Waals surface area contributed by atoms with Crippen LogP contribution in [0.1, 0.15) is 31.1 Å². The lowest BCUT2D eigenvalue weighted by atomic mass is 10.1. The summed E-state index contributed by atoms with van der Waals surface area (Å²) in [4.78, 5) is 17.5. The molecule has 3 aromatic rings. The summed E-state index contributed by atoms with van der Waals surface area (Å²) in [6.45, 7) is 10.5. The van der Waals surface area contributed by atoms with Crippen LogP contribution in [0.25, 0.3) is 10.2 Å². The topological polar surface area (TPSA) is 62.1 Å². The number of ether oxygens (including phenoxy) is 3. The van der Waals surface area contributed by atoms with Crippen LogP contribution < -0.4 is 19.0 Å². The third-order valence-electron chi connectivity index (χ3n) is 4.36. The number of rotatable bonds is 9. The monoisotopic (exact) mass is 462 g/mol. The van der Waals surface area contributed by atoms with E-state index in [4.69, 9.17) is 14.2 Å². The summed E-state index contributed by atoms with van der Waals surface area (Å²) in [5.41, 5.74) is 0.383. The van der Waals surface area contributed by atoms with E-state index in [0.717, 1.165) is 17.4 Å². The van der Waals surface area contributed by atoms with Gasteiger partial charge in [0.05, 0.1) is 30.0 Å². The molecule has 1 amide bonds. The summed E-state index contributed by atoms with van der Waals surface area (Å²) in [7, 11) is 0. The van der Waals surface area contributed by atoms with Crippen molar-refractivity contribution in [3.63, 3.8) is 0 Å². The summed E-state index contributed by atoms with van der Waals surface area (Å²) in [5.74, 6) is -0.877. The molecular formula is C23H24F2N2O4S. The summed E-state index contributed by atoms with van der Waals surface area (Å²) in [5, 5.41) is 0. The molecule has 170 valence electrons. The third-order valence-corrected chi connectivity index (χ3v) is 5.39. The molecule has 0 bridgehead atoms. The Morgan fingerprint density at radius 2 is 1.69 bits per heavy atom. The van der Waals surface area contributed by atoms with E-state index >= 15 is 0 Å². The Labute approximate surface area is 188 Å². The van der Waals surface area contributed by atoms with Gasteiger partial charge in [-0.05, 0) is 39.0 Å². The molecule has 0 spiro atoms. The molecule has 0 radical (unpaired) electrons. The summed E-state index contributed by atoms with van der Waals surface area (Å²) in [6.07, 6.45) is 1.55. The third kappa shape index (κ3) is 4.83. The molecular weight excluding hydrogens is 438 g/mol. The van der Waals surface area contributed by atoms with Gasteiger partial charge in [0.2, 0.25) is 5.75 Å². The lowest BCUT2D eigenvalue weighted by Gasteiger charge is -2.16. The Balaban J connectivity index is 2.17. The van der Waals surface area contributed by atoms with Crippen molar-refractivity contribution in [2.24, 2.45) is 4.99 Å². The first-order valence-corrected chi connectivity index (χ1v) is 11.0. The van der Waals surface area contributed by atoms with E-state index in [0.29, 0.717) is 41.8 Å². The zero-order chi connectivity index (χ0) is 23.3. The van der Waals surface area contributed by atoms with Crippen LogP contribution in [0.3, 0.4) is 0 Å². The predicted octanol–water partition coefficient (Wildman–Crippen LogP) is 5.10. The molecule has 32 heavy (non-hydrogen) atoms. The molecule has 0 saturated heterocycles. The summed E-state index contributed by atoms with van der Waals surface area (Å²) < 4.78 is 46.9. The maximum atomic E-state index is 14.4. The second kappa shape index (κ2) is 10.4. The zero-order valence-corrected chi connectivity index (χ0v) is 18.9. The van der Waals surface area contributed by atoms with Crippen molar-refractivity contribution in [2.45, 2.75) is 27.3 Å². The molecule has 0 N–H and O–H groups in total. The number of thiazole rings is 1. The molecule has 0 unspecified atom stereocenters. The van der Waals surface area contributed by atoms with Crippen LogP contribution in [0.4, 0.5) is 8.78 Å². The molecule has 0 aliphatic rings. The molecule has 0 aliphatic carbocycles. The normalized spacial score (nSPS) is 11.6. The second-order valence-electron chi connectivity index (χ2n) is 6.54. The van der Waals surface area contributed by atoms with E-state index in [1.807, 2.05) is 20.8 Å².